The third kappa shape index (κ3) is 9.18. The van der Waals surface area contributed by atoms with Gasteiger partial charge >= 0.3 is 18.0 Å². The summed E-state index contributed by atoms with van der Waals surface area (Å²) in [6, 6.07) is 1.75. The number of anilines is 1. The Morgan fingerprint density at radius 1 is 1.16 bits per heavy atom. The second-order valence-corrected chi connectivity index (χ2v) is 7.86. The van der Waals surface area contributed by atoms with Crippen LogP contribution in [0.1, 0.15) is 32.1 Å². The van der Waals surface area contributed by atoms with Gasteiger partial charge in [0.15, 0.2) is 5.13 Å². The highest BCUT2D eigenvalue weighted by Gasteiger charge is 2.20. The number of thiazole rings is 1. The van der Waals surface area contributed by atoms with Crippen molar-refractivity contribution in [2.75, 3.05) is 18.4 Å². The second kappa shape index (κ2) is 12.7. The van der Waals surface area contributed by atoms with Crippen LogP contribution in [-0.4, -0.2) is 57.3 Å². The first-order chi connectivity index (χ1) is 14.8. The van der Waals surface area contributed by atoms with Gasteiger partial charge in [0.2, 0.25) is 0 Å². The summed E-state index contributed by atoms with van der Waals surface area (Å²) in [5.74, 6) is -2.38. The number of halogens is 1. The van der Waals surface area contributed by atoms with E-state index in [2.05, 4.69) is 25.9 Å². The first-order valence-corrected chi connectivity index (χ1v) is 10.9. The van der Waals surface area contributed by atoms with Crippen molar-refractivity contribution < 1.29 is 24.6 Å². The molecule has 0 fully saturated rings. The van der Waals surface area contributed by atoms with Crippen LogP contribution in [0.5, 0.6) is 0 Å². The van der Waals surface area contributed by atoms with Crippen molar-refractivity contribution in [3.05, 3.63) is 28.9 Å². The Morgan fingerprint density at radius 3 is 2.65 bits per heavy atom. The number of carbonyl (C=O) groups excluding carboxylic acids is 1. The highest BCUT2D eigenvalue weighted by Crippen LogP contribution is 2.25. The lowest BCUT2D eigenvalue weighted by atomic mass is 10.1. The van der Waals surface area contributed by atoms with Crippen LogP contribution in [0.25, 0.3) is 11.3 Å². The van der Waals surface area contributed by atoms with Crippen molar-refractivity contribution in [3.8, 4) is 11.3 Å². The molecular formula is C19H24ClN5O5S. The summed E-state index contributed by atoms with van der Waals surface area (Å²) in [7, 11) is 0. The zero-order chi connectivity index (χ0) is 22.6. The largest absolute Gasteiger partial charge is 0.481 e. The lowest BCUT2D eigenvalue weighted by Gasteiger charge is -2.14. The van der Waals surface area contributed by atoms with Gasteiger partial charge in [0.25, 0.3) is 0 Å². The number of carboxylic acid groups (broad SMARTS) is 2. The summed E-state index contributed by atoms with van der Waals surface area (Å²) in [5.41, 5.74) is 1.73. The molecular weight excluding hydrogens is 446 g/mol. The fourth-order valence-corrected chi connectivity index (χ4v) is 3.53. The Morgan fingerprint density at radius 2 is 1.94 bits per heavy atom. The van der Waals surface area contributed by atoms with Crippen LogP contribution < -0.4 is 16.0 Å². The number of aromatic nitrogens is 2. The molecule has 0 aliphatic rings. The Bertz CT molecular complexity index is 894. The van der Waals surface area contributed by atoms with Crippen LogP contribution >= 0.6 is 22.9 Å². The van der Waals surface area contributed by atoms with E-state index in [-0.39, 0.29) is 12.8 Å². The van der Waals surface area contributed by atoms with E-state index in [1.165, 1.54) is 11.3 Å². The second-order valence-electron chi connectivity index (χ2n) is 6.62. The molecule has 0 aromatic carbocycles. The molecule has 2 heterocycles. The maximum absolute atomic E-state index is 11.8. The van der Waals surface area contributed by atoms with Crippen molar-refractivity contribution in [2.24, 2.45) is 0 Å². The number of pyridine rings is 1. The van der Waals surface area contributed by atoms with Crippen molar-refractivity contribution in [1.82, 2.24) is 20.6 Å². The fraction of sp³-hybridized carbons (Fsp3) is 0.421. The summed E-state index contributed by atoms with van der Waals surface area (Å²) < 4.78 is 0. The van der Waals surface area contributed by atoms with E-state index in [1.807, 2.05) is 11.4 Å². The van der Waals surface area contributed by atoms with Crippen molar-refractivity contribution in [2.45, 2.75) is 38.1 Å². The molecule has 10 nitrogen and oxygen atoms in total. The van der Waals surface area contributed by atoms with Gasteiger partial charge in [-0.05, 0) is 37.8 Å². The molecule has 0 bridgehead atoms. The summed E-state index contributed by atoms with van der Waals surface area (Å²) in [5, 5.41) is 28.9. The number of rotatable bonds is 13. The van der Waals surface area contributed by atoms with Gasteiger partial charge in [0.1, 0.15) is 11.2 Å². The van der Waals surface area contributed by atoms with Crippen LogP contribution in [0.2, 0.25) is 5.15 Å². The molecule has 0 aliphatic heterocycles. The summed E-state index contributed by atoms with van der Waals surface area (Å²) in [6.07, 6.45) is 3.58. The van der Waals surface area contributed by atoms with E-state index < -0.39 is 24.0 Å². The average Bonchev–Trinajstić information content (AvgIpc) is 3.19. The van der Waals surface area contributed by atoms with Gasteiger partial charge < -0.3 is 26.2 Å². The number of nitrogens with zero attached hydrogens (tertiary/aromatic N) is 2. The van der Waals surface area contributed by atoms with Crippen LogP contribution in [0.4, 0.5) is 9.93 Å². The topological polar surface area (TPSA) is 154 Å². The number of hydrogen-bond acceptors (Lipinski definition) is 7. The number of carbonyl (C=O) groups is 3. The number of hydrogen-bond donors (Lipinski definition) is 5. The van der Waals surface area contributed by atoms with Crippen LogP contribution in [0.15, 0.2) is 23.7 Å². The average molecular weight is 470 g/mol. The molecule has 2 amide bonds. The summed E-state index contributed by atoms with van der Waals surface area (Å²) in [4.78, 5) is 41.8. The summed E-state index contributed by atoms with van der Waals surface area (Å²) in [6.45, 7) is 1.12. The molecule has 0 unspecified atom stereocenters. The monoisotopic (exact) mass is 469 g/mol. The minimum atomic E-state index is -1.26. The Hall–Kier alpha value is -2.92. The number of carboxylic acids is 2. The quantitative estimate of drug-likeness (QED) is 0.221. The zero-order valence-corrected chi connectivity index (χ0v) is 18.2. The maximum atomic E-state index is 11.8. The van der Waals surface area contributed by atoms with Crippen LogP contribution in [0, 0.1) is 0 Å². The van der Waals surface area contributed by atoms with E-state index >= 15 is 0 Å². The number of amides is 2. The number of urea groups is 1. The molecule has 1 atom stereocenters. The van der Waals surface area contributed by atoms with Gasteiger partial charge in [-0.15, -0.1) is 11.3 Å². The van der Waals surface area contributed by atoms with Gasteiger partial charge in [-0.2, -0.15) is 0 Å². The standard InChI is InChI=1S/C19H24ClN5O5S/c20-15-10-12(6-9-21-15)14-11-31-19(25-14)23-8-3-1-2-7-22-18(30)24-13(17(28)29)4-5-16(26)27/h6,9-11,13H,1-5,7-8H2,(H,23,25)(H,26,27)(H,28,29)(H2,22,24,30)/t13-/m0/s1. The van der Waals surface area contributed by atoms with E-state index in [0.29, 0.717) is 11.7 Å². The maximum Gasteiger partial charge on any atom is 0.326 e. The molecule has 5 N–H and O–H groups in total. The first kappa shape index (κ1) is 24.4. The Kier molecular flexibility index (Phi) is 9.98. The van der Waals surface area contributed by atoms with E-state index in [0.717, 1.165) is 42.2 Å². The van der Waals surface area contributed by atoms with E-state index in [9.17, 15) is 14.4 Å². The Labute approximate surface area is 188 Å². The minimum Gasteiger partial charge on any atom is -0.481 e. The minimum absolute atomic E-state index is 0.170. The highest BCUT2D eigenvalue weighted by molar-refractivity contribution is 7.14. The van der Waals surface area contributed by atoms with Gasteiger partial charge in [-0.1, -0.05) is 11.6 Å². The first-order valence-electron chi connectivity index (χ1n) is 9.65. The Balaban J connectivity index is 1.59. The normalized spacial score (nSPS) is 11.5. The third-order valence-electron chi connectivity index (χ3n) is 4.19. The molecule has 0 aliphatic carbocycles. The third-order valence-corrected chi connectivity index (χ3v) is 5.20. The number of nitrogens with one attached hydrogen (secondary N) is 3. The molecule has 31 heavy (non-hydrogen) atoms. The van der Waals surface area contributed by atoms with Crippen molar-refractivity contribution in [1.29, 1.82) is 0 Å². The molecule has 0 saturated carbocycles. The summed E-state index contributed by atoms with van der Waals surface area (Å²) >= 11 is 7.40. The van der Waals surface area contributed by atoms with E-state index in [1.54, 1.807) is 12.3 Å². The molecule has 0 radical (unpaired) electrons. The number of unbranched alkanes of at least 4 members (excludes halogenated alkanes) is 2. The van der Waals surface area contributed by atoms with Crippen LogP contribution in [-0.2, 0) is 9.59 Å². The molecule has 2 aromatic heterocycles. The highest BCUT2D eigenvalue weighted by atomic mass is 35.5. The van der Waals surface area contributed by atoms with Gasteiger partial charge in [0.05, 0.1) is 5.69 Å². The SMILES string of the molecule is O=C(O)CC[C@H](NC(=O)NCCCCCNc1nc(-c2ccnc(Cl)c2)cs1)C(=O)O. The molecule has 0 saturated heterocycles. The lowest BCUT2D eigenvalue weighted by Crippen LogP contribution is -2.46. The number of aliphatic carboxylic acids is 2. The zero-order valence-electron chi connectivity index (χ0n) is 16.6. The van der Waals surface area contributed by atoms with Gasteiger partial charge in [0, 0.05) is 36.7 Å². The van der Waals surface area contributed by atoms with E-state index in [4.69, 9.17) is 21.8 Å². The molecule has 12 heteroatoms. The van der Waals surface area contributed by atoms with Gasteiger partial charge in [-0.3, -0.25) is 4.79 Å². The van der Waals surface area contributed by atoms with Crippen molar-refractivity contribution in [3.63, 3.8) is 0 Å². The predicted octanol–water partition coefficient (Wildman–Crippen LogP) is 3.06. The van der Waals surface area contributed by atoms with Crippen molar-refractivity contribution >= 4 is 46.0 Å². The molecule has 168 valence electrons. The predicted molar refractivity (Wildman–Crippen MR) is 118 cm³/mol. The lowest BCUT2D eigenvalue weighted by molar-refractivity contribution is -0.140. The van der Waals surface area contributed by atoms with Gasteiger partial charge in [-0.25, -0.2) is 19.6 Å². The van der Waals surface area contributed by atoms with Crippen LogP contribution in [0.3, 0.4) is 0 Å². The fourth-order valence-electron chi connectivity index (χ4n) is 2.61. The molecule has 2 rings (SSSR count). The molecule has 2 aromatic rings. The smallest absolute Gasteiger partial charge is 0.326 e. The molecule has 0 spiro atoms.